The molecule has 232 valence electrons. The Morgan fingerprint density at radius 1 is 0.750 bits per heavy atom. The van der Waals surface area contributed by atoms with Crippen molar-refractivity contribution in [1.29, 1.82) is 0 Å². The minimum absolute atomic E-state index is 0.0000186. The van der Waals surface area contributed by atoms with Crippen LogP contribution in [0.5, 0.6) is 5.75 Å². The van der Waals surface area contributed by atoms with Crippen LogP contribution < -0.4 is 4.74 Å². The Balaban J connectivity index is 1.14. The highest BCUT2D eigenvalue weighted by Gasteiger charge is 2.27. The summed E-state index contributed by atoms with van der Waals surface area (Å²) in [5.74, 6) is -3.11. The van der Waals surface area contributed by atoms with Gasteiger partial charge in [0.05, 0.1) is 17.4 Å². The maximum Gasteiger partial charge on any atom is 0.201 e. The average molecular weight is 605 g/mol. The zero-order chi connectivity index (χ0) is 30.8. The lowest BCUT2D eigenvalue weighted by Crippen LogP contribution is -2.20. The fourth-order valence-corrected chi connectivity index (χ4v) is 7.03. The molecule has 0 spiro atoms. The number of allylic oxidation sites excluding steroid dienone is 3. The van der Waals surface area contributed by atoms with Crippen LogP contribution in [0.1, 0.15) is 70.3 Å². The molecule has 0 radical (unpaired) electrons. The van der Waals surface area contributed by atoms with Gasteiger partial charge in [0.1, 0.15) is 11.2 Å². The number of ether oxygens (including phenoxy) is 1. The number of halogens is 4. The van der Waals surface area contributed by atoms with Crippen LogP contribution >= 0.6 is 0 Å². The Morgan fingerprint density at radius 3 is 1.93 bits per heavy atom. The van der Waals surface area contributed by atoms with E-state index in [-0.39, 0.29) is 35.0 Å². The standard InChI is InChI=1S/C38H40F4O2/c1-3-5-24-16-18-28(19-17-24)29-20-30-33(37(41)35(29)39)34-31(44-30)21-32(36(40)38(34)42)43-22-27-14-12-26(13-15-27)11-10-25-8-6-23(4-2)7-9-25/h4,10-11,16-21,23,25-27H,2-3,5-9,12-15,22H2,1H3/b11-10+. The average Bonchev–Trinajstić information content (AvgIpc) is 3.42. The summed E-state index contributed by atoms with van der Waals surface area (Å²) in [4.78, 5) is 0. The summed E-state index contributed by atoms with van der Waals surface area (Å²) in [5.41, 5.74) is 1.43. The summed E-state index contributed by atoms with van der Waals surface area (Å²) >= 11 is 0. The van der Waals surface area contributed by atoms with E-state index in [0.717, 1.165) is 44.1 Å². The predicted molar refractivity (Wildman–Crippen MR) is 169 cm³/mol. The van der Waals surface area contributed by atoms with Gasteiger partial charge in [0.15, 0.2) is 23.2 Å². The van der Waals surface area contributed by atoms with Gasteiger partial charge in [0, 0.05) is 11.6 Å². The minimum Gasteiger partial charge on any atom is -0.490 e. The van der Waals surface area contributed by atoms with E-state index >= 15 is 17.6 Å². The van der Waals surface area contributed by atoms with Crippen LogP contribution in [-0.2, 0) is 6.42 Å². The molecule has 2 nitrogen and oxygen atoms in total. The lowest BCUT2D eigenvalue weighted by Gasteiger charge is -2.28. The summed E-state index contributed by atoms with van der Waals surface area (Å²) in [5, 5.41) is -0.830. The smallest absolute Gasteiger partial charge is 0.201 e. The SMILES string of the molecule is C=CC1CCC(/C=C/C2CCC(COc3cc4oc5cc(-c6ccc(CCC)cc6)c(F)c(F)c5c4c(F)c3F)CC2)CC1. The number of hydrogen-bond acceptors (Lipinski definition) is 2. The Hall–Kier alpha value is -3.54. The summed E-state index contributed by atoms with van der Waals surface area (Å²) in [6.07, 6.45) is 17.6. The molecular weight excluding hydrogens is 564 g/mol. The van der Waals surface area contributed by atoms with Crippen LogP contribution in [0, 0.1) is 46.9 Å². The molecule has 0 atom stereocenters. The first kappa shape index (κ1) is 30.5. The Labute approximate surface area is 256 Å². The molecule has 0 amide bonds. The zero-order valence-electron chi connectivity index (χ0n) is 25.3. The predicted octanol–water partition coefficient (Wildman–Crippen LogP) is 11.5. The van der Waals surface area contributed by atoms with Crippen molar-refractivity contribution in [2.75, 3.05) is 6.61 Å². The number of furan rings is 1. The van der Waals surface area contributed by atoms with Crippen molar-refractivity contribution in [2.45, 2.75) is 71.1 Å². The van der Waals surface area contributed by atoms with Crippen molar-refractivity contribution in [3.8, 4) is 16.9 Å². The Kier molecular flexibility index (Phi) is 9.16. The summed E-state index contributed by atoms with van der Waals surface area (Å²) in [6, 6.07) is 9.79. The van der Waals surface area contributed by atoms with Gasteiger partial charge >= 0.3 is 0 Å². The maximum atomic E-state index is 15.4. The number of aryl methyl sites for hydroxylation is 1. The Bertz CT molecular complexity index is 1650. The van der Waals surface area contributed by atoms with Crippen LogP contribution in [0.15, 0.2) is 65.6 Å². The van der Waals surface area contributed by atoms with Gasteiger partial charge in [0.25, 0.3) is 0 Å². The van der Waals surface area contributed by atoms with Gasteiger partial charge in [-0.3, -0.25) is 0 Å². The molecule has 4 aromatic rings. The lowest BCUT2D eigenvalue weighted by atomic mass is 9.79. The zero-order valence-corrected chi connectivity index (χ0v) is 25.3. The fraction of sp³-hybridized carbons (Fsp3) is 0.421. The first-order chi connectivity index (χ1) is 21.4. The molecule has 1 aromatic heterocycles. The molecule has 0 aliphatic heterocycles. The van der Waals surface area contributed by atoms with Gasteiger partial charge in [-0.05, 0) is 98.7 Å². The van der Waals surface area contributed by atoms with Crippen molar-refractivity contribution < 1.29 is 26.7 Å². The van der Waals surface area contributed by atoms with Gasteiger partial charge in [-0.25, -0.2) is 13.2 Å². The lowest BCUT2D eigenvalue weighted by molar-refractivity contribution is 0.188. The van der Waals surface area contributed by atoms with Gasteiger partial charge < -0.3 is 9.15 Å². The van der Waals surface area contributed by atoms with Crippen LogP contribution in [0.3, 0.4) is 0 Å². The number of benzene rings is 3. The van der Waals surface area contributed by atoms with Crippen molar-refractivity contribution >= 4 is 21.9 Å². The van der Waals surface area contributed by atoms with E-state index in [4.69, 9.17) is 9.15 Å². The number of hydrogen-bond donors (Lipinski definition) is 0. The second kappa shape index (κ2) is 13.2. The van der Waals surface area contributed by atoms with Crippen LogP contribution in [0.4, 0.5) is 17.6 Å². The topological polar surface area (TPSA) is 22.4 Å². The minimum atomic E-state index is -1.30. The molecule has 44 heavy (non-hydrogen) atoms. The molecule has 0 unspecified atom stereocenters. The molecule has 2 aliphatic rings. The molecule has 2 aliphatic carbocycles. The highest BCUT2D eigenvalue weighted by Crippen LogP contribution is 2.41. The van der Waals surface area contributed by atoms with Gasteiger partial charge in [-0.2, -0.15) is 4.39 Å². The van der Waals surface area contributed by atoms with Crippen LogP contribution in [-0.4, -0.2) is 6.61 Å². The third kappa shape index (κ3) is 6.18. The van der Waals surface area contributed by atoms with Crippen molar-refractivity contribution in [2.24, 2.45) is 23.7 Å². The van der Waals surface area contributed by atoms with E-state index < -0.39 is 34.0 Å². The third-order valence-corrected chi connectivity index (χ3v) is 9.75. The Morgan fingerprint density at radius 2 is 1.32 bits per heavy atom. The third-order valence-electron chi connectivity index (χ3n) is 9.75. The number of fused-ring (bicyclic) bond motifs is 3. The van der Waals surface area contributed by atoms with Crippen LogP contribution in [0.25, 0.3) is 33.1 Å². The van der Waals surface area contributed by atoms with E-state index in [0.29, 0.717) is 23.3 Å². The van der Waals surface area contributed by atoms with Gasteiger partial charge in [-0.15, -0.1) is 6.58 Å². The highest BCUT2D eigenvalue weighted by atomic mass is 19.2. The number of rotatable bonds is 9. The molecule has 6 heteroatoms. The van der Waals surface area contributed by atoms with Crippen molar-refractivity contribution in [3.05, 3.63) is 90.0 Å². The molecule has 0 N–H and O–H groups in total. The monoisotopic (exact) mass is 604 g/mol. The van der Waals surface area contributed by atoms with Crippen molar-refractivity contribution in [1.82, 2.24) is 0 Å². The highest BCUT2D eigenvalue weighted by molar-refractivity contribution is 6.07. The first-order valence-corrected chi connectivity index (χ1v) is 16.1. The van der Waals surface area contributed by atoms with E-state index in [2.05, 4.69) is 31.7 Å². The van der Waals surface area contributed by atoms with E-state index in [9.17, 15) is 0 Å². The van der Waals surface area contributed by atoms with Crippen molar-refractivity contribution in [3.63, 3.8) is 0 Å². The fourth-order valence-electron chi connectivity index (χ4n) is 7.03. The van der Waals surface area contributed by atoms with E-state index in [1.165, 1.54) is 37.8 Å². The van der Waals surface area contributed by atoms with E-state index in [1.54, 1.807) is 12.1 Å². The largest absolute Gasteiger partial charge is 0.490 e. The summed E-state index contributed by atoms with van der Waals surface area (Å²) in [7, 11) is 0. The molecule has 2 saturated carbocycles. The second-order valence-electron chi connectivity index (χ2n) is 12.7. The summed E-state index contributed by atoms with van der Waals surface area (Å²) < 4.78 is 72.7. The molecule has 0 bridgehead atoms. The molecule has 3 aromatic carbocycles. The normalized spacial score (nSPS) is 22.7. The molecule has 0 saturated heterocycles. The maximum absolute atomic E-state index is 15.4. The molecule has 6 rings (SSSR count). The molecule has 1 heterocycles. The quantitative estimate of drug-likeness (QED) is 0.140. The molecule has 2 fully saturated rings. The second-order valence-corrected chi connectivity index (χ2v) is 12.7. The van der Waals surface area contributed by atoms with Crippen LogP contribution in [0.2, 0.25) is 0 Å². The van der Waals surface area contributed by atoms with E-state index in [1.807, 2.05) is 12.1 Å². The van der Waals surface area contributed by atoms with Gasteiger partial charge in [0.2, 0.25) is 5.82 Å². The summed E-state index contributed by atoms with van der Waals surface area (Å²) in [6.45, 7) is 6.25. The van der Waals surface area contributed by atoms with Gasteiger partial charge in [-0.1, -0.05) is 55.8 Å². The first-order valence-electron chi connectivity index (χ1n) is 16.1. The molecular formula is C38H40F4O2.